The summed E-state index contributed by atoms with van der Waals surface area (Å²) in [4.78, 5) is 11.3. The van der Waals surface area contributed by atoms with Gasteiger partial charge in [-0.15, -0.1) is 0 Å². The van der Waals surface area contributed by atoms with E-state index in [0.29, 0.717) is 11.5 Å². The highest BCUT2D eigenvalue weighted by atomic mass is 16.5. The zero-order valence-electron chi connectivity index (χ0n) is 11.7. The SMILES string of the molecule is CCCCCCC(C)c1ccc(C(=O)OC)cc1. The first-order chi connectivity index (χ1) is 8.69. The predicted molar refractivity (Wildman–Crippen MR) is 75.0 cm³/mol. The van der Waals surface area contributed by atoms with Crippen molar-refractivity contribution in [2.24, 2.45) is 0 Å². The number of carbonyl (C=O) groups is 1. The average Bonchev–Trinajstić information content (AvgIpc) is 2.42. The van der Waals surface area contributed by atoms with Crippen LogP contribution in [-0.2, 0) is 4.74 Å². The quantitative estimate of drug-likeness (QED) is 0.523. The van der Waals surface area contributed by atoms with Crippen LogP contribution in [0.15, 0.2) is 24.3 Å². The predicted octanol–water partition coefficient (Wildman–Crippen LogP) is 4.55. The maximum absolute atomic E-state index is 11.3. The second-order valence-electron chi connectivity index (χ2n) is 4.86. The van der Waals surface area contributed by atoms with Crippen LogP contribution in [0.2, 0.25) is 0 Å². The Morgan fingerprint density at radius 1 is 1.17 bits per heavy atom. The van der Waals surface area contributed by atoms with Crippen molar-refractivity contribution in [2.75, 3.05) is 7.11 Å². The Labute approximate surface area is 110 Å². The third-order valence-corrected chi connectivity index (χ3v) is 3.39. The molecular formula is C16H24O2. The molecule has 0 saturated heterocycles. The molecule has 100 valence electrons. The molecule has 1 rings (SSSR count). The fourth-order valence-corrected chi connectivity index (χ4v) is 2.11. The summed E-state index contributed by atoms with van der Waals surface area (Å²) in [5.74, 6) is 0.297. The van der Waals surface area contributed by atoms with E-state index in [2.05, 4.69) is 18.6 Å². The summed E-state index contributed by atoms with van der Waals surface area (Å²) < 4.78 is 4.69. The summed E-state index contributed by atoms with van der Waals surface area (Å²) >= 11 is 0. The zero-order chi connectivity index (χ0) is 13.4. The van der Waals surface area contributed by atoms with Crippen LogP contribution >= 0.6 is 0 Å². The Morgan fingerprint density at radius 2 is 1.83 bits per heavy atom. The van der Waals surface area contributed by atoms with Crippen molar-refractivity contribution < 1.29 is 9.53 Å². The van der Waals surface area contributed by atoms with E-state index in [4.69, 9.17) is 0 Å². The van der Waals surface area contributed by atoms with Crippen molar-refractivity contribution in [1.82, 2.24) is 0 Å². The van der Waals surface area contributed by atoms with E-state index in [0.717, 1.165) is 0 Å². The fraction of sp³-hybridized carbons (Fsp3) is 0.562. The lowest BCUT2D eigenvalue weighted by Gasteiger charge is -2.12. The number of hydrogen-bond acceptors (Lipinski definition) is 2. The van der Waals surface area contributed by atoms with Crippen molar-refractivity contribution in [2.45, 2.75) is 51.9 Å². The molecule has 0 spiro atoms. The second kappa shape index (κ2) is 7.91. The number of rotatable bonds is 7. The molecule has 2 heteroatoms. The highest BCUT2D eigenvalue weighted by molar-refractivity contribution is 5.89. The first-order valence-corrected chi connectivity index (χ1v) is 6.87. The minimum Gasteiger partial charge on any atom is -0.465 e. The van der Waals surface area contributed by atoms with Gasteiger partial charge in [0.1, 0.15) is 0 Å². The Morgan fingerprint density at radius 3 is 2.39 bits per heavy atom. The number of ether oxygens (including phenoxy) is 1. The topological polar surface area (TPSA) is 26.3 Å². The largest absolute Gasteiger partial charge is 0.465 e. The van der Waals surface area contributed by atoms with Crippen LogP contribution in [0.3, 0.4) is 0 Å². The van der Waals surface area contributed by atoms with Gasteiger partial charge in [0, 0.05) is 0 Å². The molecule has 1 aromatic carbocycles. The van der Waals surface area contributed by atoms with Crippen LogP contribution in [0.4, 0.5) is 0 Å². The number of methoxy groups -OCH3 is 1. The number of benzene rings is 1. The van der Waals surface area contributed by atoms with Gasteiger partial charge in [-0.1, -0.05) is 51.7 Å². The standard InChI is InChI=1S/C16H24O2/c1-4-5-6-7-8-13(2)14-9-11-15(12-10-14)16(17)18-3/h9-13H,4-8H2,1-3H3. The molecule has 0 heterocycles. The Kier molecular flexibility index (Phi) is 6.48. The van der Waals surface area contributed by atoms with Gasteiger partial charge in [-0.05, 0) is 30.0 Å². The van der Waals surface area contributed by atoms with E-state index in [9.17, 15) is 4.79 Å². The van der Waals surface area contributed by atoms with Crippen LogP contribution in [0.25, 0.3) is 0 Å². The molecule has 2 nitrogen and oxygen atoms in total. The zero-order valence-corrected chi connectivity index (χ0v) is 11.7. The molecule has 0 aromatic heterocycles. The molecule has 0 saturated carbocycles. The molecule has 0 fully saturated rings. The summed E-state index contributed by atoms with van der Waals surface area (Å²) in [7, 11) is 1.41. The van der Waals surface area contributed by atoms with Crippen molar-refractivity contribution in [1.29, 1.82) is 0 Å². The molecule has 1 aromatic rings. The molecule has 0 N–H and O–H groups in total. The van der Waals surface area contributed by atoms with Gasteiger partial charge < -0.3 is 4.74 Å². The third kappa shape index (κ3) is 4.52. The van der Waals surface area contributed by atoms with E-state index in [1.807, 2.05) is 24.3 Å². The van der Waals surface area contributed by atoms with Gasteiger partial charge in [-0.3, -0.25) is 0 Å². The van der Waals surface area contributed by atoms with E-state index < -0.39 is 0 Å². The van der Waals surface area contributed by atoms with Crippen LogP contribution < -0.4 is 0 Å². The Hall–Kier alpha value is -1.31. The van der Waals surface area contributed by atoms with Crippen molar-refractivity contribution in [3.63, 3.8) is 0 Å². The Bertz CT molecular complexity index is 354. The lowest BCUT2D eigenvalue weighted by atomic mass is 9.94. The molecule has 0 aliphatic heterocycles. The van der Waals surface area contributed by atoms with Gasteiger partial charge in [0.2, 0.25) is 0 Å². The molecule has 0 bridgehead atoms. The van der Waals surface area contributed by atoms with E-state index >= 15 is 0 Å². The van der Waals surface area contributed by atoms with E-state index in [-0.39, 0.29) is 5.97 Å². The molecule has 0 aliphatic carbocycles. The van der Waals surface area contributed by atoms with E-state index in [1.165, 1.54) is 44.8 Å². The first-order valence-electron chi connectivity index (χ1n) is 6.87. The molecule has 0 amide bonds. The number of hydrogen-bond donors (Lipinski definition) is 0. The average molecular weight is 248 g/mol. The summed E-state index contributed by atoms with van der Waals surface area (Å²) in [6.07, 6.45) is 6.43. The molecule has 1 unspecified atom stereocenters. The molecule has 0 radical (unpaired) electrons. The number of unbranched alkanes of at least 4 members (excludes halogenated alkanes) is 3. The first kappa shape index (κ1) is 14.7. The second-order valence-corrected chi connectivity index (χ2v) is 4.86. The molecular weight excluding hydrogens is 224 g/mol. The Balaban J connectivity index is 2.48. The van der Waals surface area contributed by atoms with Gasteiger partial charge in [0.15, 0.2) is 0 Å². The fourth-order valence-electron chi connectivity index (χ4n) is 2.11. The van der Waals surface area contributed by atoms with Crippen molar-refractivity contribution in [3.05, 3.63) is 35.4 Å². The summed E-state index contributed by atoms with van der Waals surface area (Å²) in [6.45, 7) is 4.48. The summed E-state index contributed by atoms with van der Waals surface area (Å²) in [6, 6.07) is 7.78. The normalized spacial score (nSPS) is 12.2. The highest BCUT2D eigenvalue weighted by Gasteiger charge is 2.08. The van der Waals surface area contributed by atoms with E-state index in [1.54, 1.807) is 0 Å². The molecule has 1 atom stereocenters. The van der Waals surface area contributed by atoms with Gasteiger partial charge in [0.25, 0.3) is 0 Å². The lowest BCUT2D eigenvalue weighted by Crippen LogP contribution is -2.01. The number of carbonyl (C=O) groups excluding carboxylic acids is 1. The van der Waals surface area contributed by atoms with Crippen LogP contribution in [-0.4, -0.2) is 13.1 Å². The third-order valence-electron chi connectivity index (χ3n) is 3.39. The maximum atomic E-state index is 11.3. The summed E-state index contributed by atoms with van der Waals surface area (Å²) in [5.41, 5.74) is 1.93. The highest BCUT2D eigenvalue weighted by Crippen LogP contribution is 2.22. The van der Waals surface area contributed by atoms with Crippen molar-refractivity contribution >= 4 is 5.97 Å². The van der Waals surface area contributed by atoms with Crippen LogP contribution in [0.1, 0.15) is 67.8 Å². The monoisotopic (exact) mass is 248 g/mol. The van der Waals surface area contributed by atoms with Gasteiger partial charge in [0.05, 0.1) is 12.7 Å². The van der Waals surface area contributed by atoms with Gasteiger partial charge >= 0.3 is 5.97 Å². The lowest BCUT2D eigenvalue weighted by molar-refractivity contribution is 0.0600. The molecule has 0 aliphatic rings. The summed E-state index contributed by atoms with van der Waals surface area (Å²) in [5, 5.41) is 0. The minimum atomic E-state index is -0.267. The minimum absolute atomic E-state index is 0.267. The van der Waals surface area contributed by atoms with Crippen LogP contribution in [0.5, 0.6) is 0 Å². The van der Waals surface area contributed by atoms with Crippen LogP contribution in [0, 0.1) is 0 Å². The van der Waals surface area contributed by atoms with Gasteiger partial charge in [-0.25, -0.2) is 4.79 Å². The number of esters is 1. The smallest absolute Gasteiger partial charge is 0.337 e. The van der Waals surface area contributed by atoms with Crippen molar-refractivity contribution in [3.8, 4) is 0 Å². The van der Waals surface area contributed by atoms with Gasteiger partial charge in [-0.2, -0.15) is 0 Å². The maximum Gasteiger partial charge on any atom is 0.337 e. The molecule has 18 heavy (non-hydrogen) atoms.